The summed E-state index contributed by atoms with van der Waals surface area (Å²) in [5, 5.41) is 0. The molecule has 66 valence electrons. The summed E-state index contributed by atoms with van der Waals surface area (Å²) in [4.78, 5) is 11.4. The fourth-order valence-corrected chi connectivity index (χ4v) is 4.64. The molecule has 0 bridgehead atoms. The van der Waals surface area contributed by atoms with Crippen LogP contribution in [0, 0.1) is 0 Å². The third kappa shape index (κ3) is 2.92. The van der Waals surface area contributed by atoms with Crippen molar-refractivity contribution in [3.05, 3.63) is 0 Å². The first kappa shape index (κ1) is 11.1. The lowest BCUT2D eigenvalue weighted by molar-refractivity contribution is -0.135. The van der Waals surface area contributed by atoms with Gasteiger partial charge in [-0.2, -0.15) is 0 Å². The zero-order chi connectivity index (χ0) is 8.91. The Kier molecular flexibility index (Phi) is 4.94. The lowest BCUT2D eigenvalue weighted by Crippen LogP contribution is -2.32. The van der Waals surface area contributed by atoms with E-state index >= 15 is 0 Å². The molecule has 0 spiro atoms. The highest BCUT2D eigenvalue weighted by Crippen LogP contribution is 2.23. The molecule has 0 radical (unpaired) electrons. The standard InChI is InChI=1S/C6H18O2Si3/c1-6(9-2,10-3)5(7)8-11-4/h9-11H2,1-4H3. The third-order valence-corrected chi connectivity index (χ3v) is 9.58. The van der Waals surface area contributed by atoms with E-state index in [9.17, 15) is 4.79 Å². The van der Waals surface area contributed by atoms with Gasteiger partial charge in [0.2, 0.25) is 9.76 Å². The van der Waals surface area contributed by atoms with Gasteiger partial charge in [-0.3, -0.25) is 4.79 Å². The lowest BCUT2D eigenvalue weighted by Gasteiger charge is -2.23. The van der Waals surface area contributed by atoms with Gasteiger partial charge in [0.15, 0.2) is 0 Å². The molecule has 0 rings (SSSR count). The molecule has 2 nitrogen and oxygen atoms in total. The zero-order valence-electron chi connectivity index (χ0n) is 7.94. The van der Waals surface area contributed by atoms with E-state index in [-0.39, 0.29) is 29.7 Å². The van der Waals surface area contributed by atoms with E-state index in [1.165, 1.54) is 0 Å². The number of carbonyl (C=O) groups is 1. The summed E-state index contributed by atoms with van der Waals surface area (Å²) in [6.07, 6.45) is 0. The van der Waals surface area contributed by atoms with Crippen LogP contribution in [0.3, 0.4) is 0 Å². The summed E-state index contributed by atoms with van der Waals surface area (Å²) in [6, 6.07) is 0. The molecule has 0 heterocycles. The van der Waals surface area contributed by atoms with Crippen LogP contribution in [0.15, 0.2) is 0 Å². The summed E-state index contributed by atoms with van der Waals surface area (Å²) in [6.45, 7) is 8.51. The monoisotopic (exact) mass is 206 g/mol. The Morgan fingerprint density at radius 3 is 2.00 bits per heavy atom. The fourth-order valence-electron chi connectivity index (χ4n) is 0.844. The van der Waals surface area contributed by atoms with Gasteiger partial charge in [-0.25, -0.2) is 0 Å². The topological polar surface area (TPSA) is 26.3 Å². The quantitative estimate of drug-likeness (QED) is 0.565. The Balaban J connectivity index is 4.12. The van der Waals surface area contributed by atoms with Gasteiger partial charge in [-0.15, -0.1) is 0 Å². The average Bonchev–Trinajstić information content (AvgIpc) is 2.03. The zero-order valence-corrected chi connectivity index (χ0v) is 12.2. The Bertz CT molecular complexity index is 134. The molecule has 0 aromatic rings. The van der Waals surface area contributed by atoms with Crippen molar-refractivity contribution >= 4 is 34.8 Å². The van der Waals surface area contributed by atoms with Gasteiger partial charge in [0.1, 0.15) is 0 Å². The second-order valence-corrected chi connectivity index (χ2v) is 9.39. The van der Waals surface area contributed by atoms with Gasteiger partial charge in [-0.05, 0) is 6.55 Å². The Hall–Kier alpha value is 0.121. The van der Waals surface area contributed by atoms with Gasteiger partial charge in [0.05, 0.1) is 0 Å². The predicted octanol–water partition coefficient (Wildman–Crippen LogP) is -0.769. The first-order chi connectivity index (χ1) is 5.10. The van der Waals surface area contributed by atoms with E-state index in [1.54, 1.807) is 0 Å². The molecule has 0 aliphatic rings. The van der Waals surface area contributed by atoms with Crippen molar-refractivity contribution in [2.24, 2.45) is 0 Å². The second-order valence-electron chi connectivity index (χ2n) is 2.99. The number of carbonyl (C=O) groups excluding carboxylic acids is 1. The van der Waals surface area contributed by atoms with E-state index < -0.39 is 9.76 Å². The number of hydrogen-bond acceptors (Lipinski definition) is 2. The van der Waals surface area contributed by atoms with E-state index in [4.69, 9.17) is 4.43 Å². The molecule has 0 atom stereocenters. The van der Waals surface area contributed by atoms with E-state index in [2.05, 4.69) is 20.0 Å². The minimum atomic E-state index is -0.537. The highest BCUT2D eigenvalue weighted by Gasteiger charge is 2.30. The summed E-state index contributed by atoms with van der Waals surface area (Å²) in [7, 11) is -0.991. The molecule has 0 saturated heterocycles. The average molecular weight is 206 g/mol. The summed E-state index contributed by atoms with van der Waals surface area (Å²) >= 11 is 0. The van der Waals surface area contributed by atoms with Crippen LogP contribution in [0.1, 0.15) is 6.92 Å². The van der Waals surface area contributed by atoms with Crippen molar-refractivity contribution in [2.75, 3.05) is 0 Å². The maximum Gasteiger partial charge on any atom is 0.291 e. The van der Waals surface area contributed by atoms with Gasteiger partial charge < -0.3 is 4.43 Å². The molecular weight excluding hydrogens is 188 g/mol. The normalized spacial score (nSPS) is 18.9. The largest absolute Gasteiger partial charge is 0.525 e. The van der Waals surface area contributed by atoms with Crippen molar-refractivity contribution in [2.45, 2.75) is 31.2 Å². The predicted molar refractivity (Wildman–Crippen MR) is 57.7 cm³/mol. The van der Waals surface area contributed by atoms with Crippen LogP contribution in [-0.2, 0) is 9.22 Å². The van der Waals surface area contributed by atoms with E-state index in [1.807, 2.05) is 6.55 Å². The smallest absolute Gasteiger partial charge is 0.291 e. The Labute approximate surface area is 75.7 Å². The second kappa shape index (κ2) is 4.89. The van der Waals surface area contributed by atoms with Gasteiger partial charge in [-0.1, -0.05) is 20.0 Å². The minimum Gasteiger partial charge on any atom is -0.525 e. The summed E-state index contributed by atoms with van der Waals surface area (Å²) in [5.74, 6) is 0.120. The van der Waals surface area contributed by atoms with Gasteiger partial charge in [0.25, 0.3) is 5.97 Å². The van der Waals surface area contributed by atoms with Crippen molar-refractivity contribution in [3.63, 3.8) is 0 Å². The highest BCUT2D eigenvalue weighted by atomic mass is 28.3. The van der Waals surface area contributed by atoms with Crippen molar-refractivity contribution in [3.8, 4) is 0 Å². The summed E-state index contributed by atoms with van der Waals surface area (Å²) < 4.78 is 5.20. The van der Waals surface area contributed by atoms with E-state index in [0.717, 1.165) is 0 Å². The molecule has 0 aromatic carbocycles. The Morgan fingerprint density at radius 2 is 1.73 bits per heavy atom. The van der Waals surface area contributed by atoms with Crippen LogP contribution in [-0.4, -0.2) is 34.8 Å². The molecule has 5 heteroatoms. The molecule has 0 aliphatic heterocycles. The van der Waals surface area contributed by atoms with Crippen molar-refractivity contribution in [1.82, 2.24) is 0 Å². The first-order valence-electron chi connectivity index (χ1n) is 4.28. The maximum absolute atomic E-state index is 11.4. The lowest BCUT2D eigenvalue weighted by atomic mass is 10.5. The maximum atomic E-state index is 11.4. The molecule has 0 fully saturated rings. The Morgan fingerprint density at radius 1 is 1.27 bits per heavy atom. The molecule has 0 amide bonds. The molecule has 0 aromatic heterocycles. The number of rotatable bonds is 4. The first-order valence-corrected chi connectivity index (χ1v) is 10.5. The van der Waals surface area contributed by atoms with Gasteiger partial charge >= 0.3 is 0 Å². The molecule has 0 aliphatic carbocycles. The van der Waals surface area contributed by atoms with Gasteiger partial charge in [0, 0.05) is 23.7 Å². The summed E-state index contributed by atoms with van der Waals surface area (Å²) in [5.41, 5.74) is 0. The molecule has 11 heavy (non-hydrogen) atoms. The SMILES string of the molecule is C[SiH2]OC(=O)C(C)([SiH2]C)[SiH2]C. The molecule has 0 saturated carbocycles. The fraction of sp³-hybridized carbons (Fsp3) is 0.833. The number of hydrogen-bond donors (Lipinski definition) is 0. The molecule has 0 N–H and O–H groups in total. The van der Waals surface area contributed by atoms with Crippen LogP contribution in [0.5, 0.6) is 0 Å². The highest BCUT2D eigenvalue weighted by molar-refractivity contribution is 6.68. The van der Waals surface area contributed by atoms with Crippen LogP contribution >= 0.6 is 0 Å². The molecule has 0 unspecified atom stereocenters. The molecular formula is C6H18O2Si3. The minimum absolute atomic E-state index is 0.0447. The van der Waals surface area contributed by atoms with E-state index in [0.29, 0.717) is 0 Å². The van der Waals surface area contributed by atoms with Crippen molar-refractivity contribution in [1.29, 1.82) is 0 Å². The van der Waals surface area contributed by atoms with Crippen molar-refractivity contribution < 1.29 is 9.22 Å². The van der Waals surface area contributed by atoms with Crippen LogP contribution < -0.4 is 0 Å². The van der Waals surface area contributed by atoms with Crippen LogP contribution in [0.4, 0.5) is 0 Å². The van der Waals surface area contributed by atoms with Crippen LogP contribution in [0.2, 0.25) is 24.3 Å². The third-order valence-electron chi connectivity index (χ3n) is 2.33. The van der Waals surface area contributed by atoms with Crippen LogP contribution in [0.25, 0.3) is 0 Å².